The van der Waals surface area contributed by atoms with Crippen molar-refractivity contribution in [2.24, 2.45) is 5.73 Å². The van der Waals surface area contributed by atoms with Crippen molar-refractivity contribution in [1.29, 1.82) is 0 Å². The van der Waals surface area contributed by atoms with Crippen LogP contribution in [0.15, 0.2) is 33.9 Å². The molecule has 1 aromatic heterocycles. The van der Waals surface area contributed by atoms with Crippen molar-refractivity contribution in [2.75, 3.05) is 4.72 Å². The van der Waals surface area contributed by atoms with E-state index >= 15 is 0 Å². The third-order valence-electron chi connectivity index (χ3n) is 2.57. The number of thiophene rings is 1. The molecule has 0 saturated heterocycles. The highest BCUT2D eigenvalue weighted by atomic mass is 32.2. The lowest BCUT2D eigenvalue weighted by Crippen LogP contribution is -2.12. The molecule has 102 valence electrons. The standard InChI is InChI=1S/C12H13FN2O2S2/c1-8-2-3-10(13)5-11(8)15-19(16,17)12-4-9(6-14)7-18-12/h2-5,7,15H,6,14H2,1H3. The van der Waals surface area contributed by atoms with E-state index in [4.69, 9.17) is 5.73 Å². The van der Waals surface area contributed by atoms with E-state index in [1.165, 1.54) is 18.2 Å². The number of rotatable bonds is 4. The third-order valence-corrected chi connectivity index (χ3v) is 5.43. The van der Waals surface area contributed by atoms with Crippen LogP contribution in [0.4, 0.5) is 10.1 Å². The SMILES string of the molecule is Cc1ccc(F)cc1NS(=O)(=O)c1cc(CN)cs1. The Morgan fingerprint density at radius 1 is 1.37 bits per heavy atom. The van der Waals surface area contributed by atoms with Gasteiger partial charge in [0.1, 0.15) is 10.0 Å². The van der Waals surface area contributed by atoms with Crippen molar-refractivity contribution in [1.82, 2.24) is 0 Å². The molecule has 0 aliphatic rings. The first-order chi connectivity index (χ1) is 8.92. The molecule has 0 radical (unpaired) electrons. The van der Waals surface area contributed by atoms with E-state index in [0.29, 0.717) is 5.56 Å². The van der Waals surface area contributed by atoms with E-state index < -0.39 is 15.8 Å². The molecule has 0 spiro atoms. The van der Waals surface area contributed by atoms with Gasteiger partial charge in [-0.05, 0) is 41.6 Å². The van der Waals surface area contributed by atoms with Gasteiger partial charge in [-0.3, -0.25) is 4.72 Å². The zero-order chi connectivity index (χ0) is 14.0. The molecule has 0 aliphatic carbocycles. The van der Waals surface area contributed by atoms with Crippen molar-refractivity contribution >= 4 is 27.0 Å². The summed E-state index contributed by atoms with van der Waals surface area (Å²) in [6.07, 6.45) is 0. The summed E-state index contributed by atoms with van der Waals surface area (Å²) in [7, 11) is -3.70. The predicted molar refractivity (Wildman–Crippen MR) is 74.2 cm³/mol. The molecule has 3 N–H and O–H groups in total. The Morgan fingerprint density at radius 2 is 2.11 bits per heavy atom. The van der Waals surface area contributed by atoms with Crippen molar-refractivity contribution in [3.05, 3.63) is 46.6 Å². The summed E-state index contributed by atoms with van der Waals surface area (Å²) in [5.41, 5.74) is 7.09. The van der Waals surface area contributed by atoms with Gasteiger partial charge in [0.25, 0.3) is 10.0 Å². The van der Waals surface area contributed by atoms with Crippen LogP contribution < -0.4 is 10.5 Å². The van der Waals surface area contributed by atoms with E-state index in [1.54, 1.807) is 12.3 Å². The van der Waals surface area contributed by atoms with Crippen LogP contribution in [-0.4, -0.2) is 8.42 Å². The lowest BCUT2D eigenvalue weighted by Gasteiger charge is -2.09. The van der Waals surface area contributed by atoms with E-state index in [9.17, 15) is 12.8 Å². The van der Waals surface area contributed by atoms with Gasteiger partial charge in [0.2, 0.25) is 0 Å². The fourth-order valence-electron chi connectivity index (χ4n) is 1.50. The molecule has 0 amide bonds. The van der Waals surface area contributed by atoms with Crippen LogP contribution in [0.5, 0.6) is 0 Å². The largest absolute Gasteiger partial charge is 0.326 e. The zero-order valence-corrected chi connectivity index (χ0v) is 11.8. The Kier molecular flexibility index (Phi) is 3.88. The minimum atomic E-state index is -3.70. The van der Waals surface area contributed by atoms with Gasteiger partial charge in [-0.2, -0.15) is 0 Å². The summed E-state index contributed by atoms with van der Waals surface area (Å²) in [6.45, 7) is 1.99. The number of halogens is 1. The predicted octanol–water partition coefficient (Wildman–Crippen LogP) is 2.46. The van der Waals surface area contributed by atoms with Gasteiger partial charge < -0.3 is 5.73 Å². The molecule has 7 heteroatoms. The average Bonchev–Trinajstić information content (AvgIpc) is 2.83. The van der Waals surface area contributed by atoms with Crippen molar-refractivity contribution in [2.45, 2.75) is 17.7 Å². The minimum Gasteiger partial charge on any atom is -0.326 e. The lowest BCUT2D eigenvalue weighted by molar-refractivity contribution is 0.603. The monoisotopic (exact) mass is 300 g/mol. The first-order valence-electron chi connectivity index (χ1n) is 5.49. The maximum atomic E-state index is 13.1. The highest BCUT2D eigenvalue weighted by molar-refractivity contribution is 7.94. The van der Waals surface area contributed by atoms with Crippen LogP contribution in [0, 0.1) is 12.7 Å². The number of nitrogens with two attached hydrogens (primary N) is 1. The number of sulfonamides is 1. The molecular weight excluding hydrogens is 287 g/mol. The van der Waals surface area contributed by atoms with Gasteiger partial charge in [-0.1, -0.05) is 6.07 Å². The molecule has 0 fully saturated rings. The van der Waals surface area contributed by atoms with Crippen molar-refractivity contribution in [3.63, 3.8) is 0 Å². The second-order valence-corrected chi connectivity index (χ2v) is 6.86. The molecular formula is C12H13FN2O2S2. The molecule has 1 heterocycles. The molecule has 0 atom stereocenters. The summed E-state index contributed by atoms with van der Waals surface area (Å²) < 4.78 is 39.9. The van der Waals surface area contributed by atoms with Crippen molar-refractivity contribution in [3.8, 4) is 0 Å². The van der Waals surface area contributed by atoms with E-state index in [1.807, 2.05) is 0 Å². The van der Waals surface area contributed by atoms with Crippen LogP contribution in [-0.2, 0) is 16.6 Å². The van der Waals surface area contributed by atoms with Crippen molar-refractivity contribution < 1.29 is 12.8 Å². The normalized spacial score (nSPS) is 11.5. The van der Waals surface area contributed by atoms with Gasteiger partial charge >= 0.3 is 0 Å². The second-order valence-electron chi connectivity index (χ2n) is 4.04. The fourth-order valence-corrected chi connectivity index (χ4v) is 3.84. The Labute approximate surface area is 115 Å². The summed E-state index contributed by atoms with van der Waals surface area (Å²) in [5, 5.41) is 1.69. The number of nitrogens with one attached hydrogen (secondary N) is 1. The van der Waals surface area contributed by atoms with E-state index in [-0.39, 0.29) is 16.4 Å². The van der Waals surface area contributed by atoms with Crippen LogP contribution in [0.2, 0.25) is 0 Å². The summed E-state index contributed by atoms with van der Waals surface area (Å²) in [6, 6.07) is 5.48. The van der Waals surface area contributed by atoms with Gasteiger partial charge in [-0.25, -0.2) is 12.8 Å². The molecule has 1 aromatic carbocycles. The Hall–Kier alpha value is -1.44. The first kappa shape index (κ1) is 14.0. The van der Waals surface area contributed by atoms with Crippen LogP contribution >= 0.6 is 11.3 Å². The lowest BCUT2D eigenvalue weighted by atomic mass is 10.2. The molecule has 0 unspecified atom stereocenters. The van der Waals surface area contributed by atoms with Gasteiger partial charge in [0.05, 0.1) is 5.69 Å². The number of hydrogen-bond donors (Lipinski definition) is 2. The maximum Gasteiger partial charge on any atom is 0.271 e. The Morgan fingerprint density at radius 3 is 2.74 bits per heavy atom. The van der Waals surface area contributed by atoms with Crippen LogP contribution in [0.25, 0.3) is 0 Å². The Bertz CT molecular complexity index is 696. The minimum absolute atomic E-state index is 0.164. The van der Waals surface area contributed by atoms with Gasteiger partial charge in [0, 0.05) is 6.54 Å². The zero-order valence-electron chi connectivity index (χ0n) is 10.2. The highest BCUT2D eigenvalue weighted by Gasteiger charge is 2.17. The smallest absolute Gasteiger partial charge is 0.271 e. The van der Waals surface area contributed by atoms with Crippen LogP contribution in [0.3, 0.4) is 0 Å². The molecule has 0 bridgehead atoms. The van der Waals surface area contributed by atoms with Crippen LogP contribution in [0.1, 0.15) is 11.1 Å². The molecule has 19 heavy (non-hydrogen) atoms. The number of anilines is 1. The second kappa shape index (κ2) is 5.28. The average molecular weight is 300 g/mol. The highest BCUT2D eigenvalue weighted by Crippen LogP contribution is 2.24. The molecule has 0 aliphatic heterocycles. The number of hydrogen-bond acceptors (Lipinski definition) is 4. The molecule has 0 saturated carbocycles. The maximum absolute atomic E-state index is 13.1. The van der Waals surface area contributed by atoms with Gasteiger partial charge in [-0.15, -0.1) is 11.3 Å². The van der Waals surface area contributed by atoms with E-state index in [0.717, 1.165) is 23.0 Å². The quantitative estimate of drug-likeness (QED) is 0.911. The fraction of sp³-hybridized carbons (Fsp3) is 0.167. The summed E-state index contributed by atoms with van der Waals surface area (Å²) in [5.74, 6) is -0.489. The summed E-state index contributed by atoms with van der Waals surface area (Å²) in [4.78, 5) is 0. The Balaban J connectivity index is 2.33. The summed E-state index contributed by atoms with van der Waals surface area (Å²) >= 11 is 1.09. The molecule has 2 aromatic rings. The van der Waals surface area contributed by atoms with Gasteiger partial charge in [0.15, 0.2) is 0 Å². The third kappa shape index (κ3) is 3.12. The van der Waals surface area contributed by atoms with E-state index in [2.05, 4.69) is 4.72 Å². The molecule has 4 nitrogen and oxygen atoms in total. The number of aryl methyl sites for hydroxylation is 1. The number of benzene rings is 1. The first-order valence-corrected chi connectivity index (χ1v) is 7.85. The topological polar surface area (TPSA) is 72.2 Å². The molecule has 2 rings (SSSR count).